The number of hydrogen-bond acceptors (Lipinski definition) is 8. The van der Waals surface area contributed by atoms with E-state index in [2.05, 4.69) is 59.9 Å². The molecule has 4 aromatic rings. The van der Waals surface area contributed by atoms with Crippen molar-refractivity contribution in [3.8, 4) is 11.3 Å². The average molecular weight is 723 g/mol. The van der Waals surface area contributed by atoms with Gasteiger partial charge in [-0.2, -0.15) is 0 Å². The Kier molecular flexibility index (Phi) is 8.84. The van der Waals surface area contributed by atoms with E-state index >= 15 is 0 Å². The number of carbonyl (C=O) groups excluding carboxylic acids is 2. The van der Waals surface area contributed by atoms with Crippen LogP contribution in [0.4, 0.5) is 21.6 Å². The summed E-state index contributed by atoms with van der Waals surface area (Å²) in [7, 11) is 0. The summed E-state index contributed by atoms with van der Waals surface area (Å²) in [5.74, 6) is 1.38. The lowest BCUT2D eigenvalue weighted by atomic mass is 9.73. The molecule has 1 aromatic carbocycles. The van der Waals surface area contributed by atoms with Crippen LogP contribution < -0.4 is 10.2 Å². The molecule has 3 fully saturated rings. The molecular formula is C41H51FN8O3. The Morgan fingerprint density at radius 1 is 1.08 bits per heavy atom. The third-order valence-electron chi connectivity index (χ3n) is 12.7. The molecule has 2 amide bonds. The first kappa shape index (κ1) is 35.6. The van der Waals surface area contributed by atoms with Gasteiger partial charge in [0.05, 0.1) is 46.9 Å². The van der Waals surface area contributed by atoms with Crippen molar-refractivity contribution in [2.75, 3.05) is 43.0 Å². The molecule has 2 atom stereocenters. The SMILES string of the molecule is CC(C)n1cnc2cc(-c3ccc4c(c3)N([C@H]3C[C@@H](N5C[C@@H](C)[C@@H](C)C5)C3)C(=O)C43CCN(C(=O)C(C)(C)CO)CC3)nc(Nc3ccncc3F)c21. The zero-order valence-electron chi connectivity index (χ0n) is 31.6. The normalized spacial score (nSPS) is 24.4. The van der Waals surface area contributed by atoms with Crippen LogP contribution in [0.5, 0.6) is 0 Å². The van der Waals surface area contributed by atoms with Gasteiger partial charge in [0.15, 0.2) is 11.6 Å². The number of halogens is 1. The van der Waals surface area contributed by atoms with Gasteiger partial charge in [-0.3, -0.25) is 19.5 Å². The number of carbonyl (C=O) groups is 2. The summed E-state index contributed by atoms with van der Waals surface area (Å²) in [6.07, 6.45) is 7.43. The Balaban J connectivity index is 1.17. The van der Waals surface area contributed by atoms with E-state index < -0.39 is 16.6 Å². The Morgan fingerprint density at radius 3 is 2.45 bits per heavy atom. The predicted molar refractivity (Wildman–Crippen MR) is 203 cm³/mol. The first-order valence-corrected chi connectivity index (χ1v) is 19.2. The number of aliphatic hydroxyl groups is 1. The van der Waals surface area contributed by atoms with Gasteiger partial charge in [0.1, 0.15) is 5.52 Å². The fourth-order valence-electron chi connectivity index (χ4n) is 9.01. The van der Waals surface area contributed by atoms with E-state index in [0.717, 1.165) is 53.8 Å². The second-order valence-electron chi connectivity index (χ2n) is 17.0. The fourth-order valence-corrected chi connectivity index (χ4v) is 9.01. The zero-order valence-corrected chi connectivity index (χ0v) is 31.6. The van der Waals surface area contributed by atoms with Gasteiger partial charge in [-0.15, -0.1) is 0 Å². The van der Waals surface area contributed by atoms with Crippen LogP contribution in [0.1, 0.15) is 78.8 Å². The molecule has 3 aliphatic heterocycles. The fraction of sp³-hybridized carbons (Fsp3) is 0.537. The van der Waals surface area contributed by atoms with Gasteiger partial charge in [-0.05, 0) is 89.0 Å². The van der Waals surface area contributed by atoms with Crippen molar-refractivity contribution in [3.05, 3.63) is 60.4 Å². The van der Waals surface area contributed by atoms with E-state index in [0.29, 0.717) is 55.3 Å². The standard InChI is InChI=1S/C41H51FN8O3/c1-24(2)49-23-44-34-18-33(46-37(36(34)49)45-32-9-12-43-19-31(32)42)27-7-8-30-35(15-27)50(29-16-28(17-29)48-20-25(3)26(4)21-48)39(53)41(30)10-13-47(14-11-41)38(52)40(5,6)22-51/h7-9,12,15,18-19,23-26,28-29,51H,10-11,13-14,16-17,20-22H2,1-6H3,(H,43,45,46)/t25-,26+,28-,29+. The van der Waals surface area contributed by atoms with Crippen LogP contribution in [0, 0.1) is 23.1 Å². The molecule has 1 saturated carbocycles. The highest BCUT2D eigenvalue weighted by molar-refractivity contribution is 6.09. The van der Waals surface area contributed by atoms with Crippen molar-refractivity contribution in [1.82, 2.24) is 29.3 Å². The second kappa shape index (κ2) is 13.2. The van der Waals surface area contributed by atoms with Gasteiger partial charge in [-0.1, -0.05) is 26.0 Å². The van der Waals surface area contributed by atoms with Crippen LogP contribution in [0.3, 0.4) is 0 Å². The number of benzene rings is 1. The molecule has 12 heteroatoms. The Morgan fingerprint density at radius 2 is 1.79 bits per heavy atom. The third kappa shape index (κ3) is 5.89. The molecule has 0 radical (unpaired) electrons. The van der Waals surface area contributed by atoms with E-state index in [1.54, 1.807) is 26.2 Å². The zero-order chi connectivity index (χ0) is 37.4. The van der Waals surface area contributed by atoms with Crippen molar-refractivity contribution >= 4 is 40.0 Å². The molecule has 11 nitrogen and oxygen atoms in total. The maximum absolute atomic E-state index is 14.9. The monoisotopic (exact) mass is 722 g/mol. The van der Waals surface area contributed by atoms with Crippen LogP contribution in [0.2, 0.25) is 0 Å². The third-order valence-corrected chi connectivity index (χ3v) is 12.7. The summed E-state index contributed by atoms with van der Waals surface area (Å²) in [6, 6.07) is 10.4. The number of hydrogen-bond donors (Lipinski definition) is 2. The van der Waals surface area contributed by atoms with Crippen molar-refractivity contribution in [1.29, 1.82) is 0 Å². The minimum Gasteiger partial charge on any atom is -0.395 e. The topological polar surface area (TPSA) is 120 Å². The van der Waals surface area contributed by atoms with E-state index in [1.807, 2.05) is 21.6 Å². The molecule has 4 aliphatic rings. The number of anilines is 3. The maximum atomic E-state index is 14.9. The van der Waals surface area contributed by atoms with Gasteiger partial charge in [0.25, 0.3) is 0 Å². The lowest BCUT2D eigenvalue weighted by molar-refractivity contribution is -0.145. The number of nitrogens with zero attached hydrogens (tertiary/aromatic N) is 7. The predicted octanol–water partition coefficient (Wildman–Crippen LogP) is 6.30. The summed E-state index contributed by atoms with van der Waals surface area (Å²) in [5.41, 5.74) is 3.60. The molecule has 0 bridgehead atoms. The van der Waals surface area contributed by atoms with E-state index in [-0.39, 0.29) is 36.2 Å². The second-order valence-corrected chi connectivity index (χ2v) is 17.0. The van der Waals surface area contributed by atoms with Crippen LogP contribution in [0.15, 0.2) is 49.1 Å². The highest BCUT2D eigenvalue weighted by Crippen LogP contribution is 2.52. The number of fused-ring (bicyclic) bond motifs is 3. The first-order chi connectivity index (χ1) is 25.3. The molecule has 1 spiro atoms. The number of likely N-dealkylation sites (tertiary alicyclic amines) is 2. The van der Waals surface area contributed by atoms with Crippen molar-refractivity contribution in [2.24, 2.45) is 17.3 Å². The molecule has 3 aromatic heterocycles. The largest absolute Gasteiger partial charge is 0.395 e. The van der Waals surface area contributed by atoms with E-state index in [9.17, 15) is 19.1 Å². The lowest BCUT2D eigenvalue weighted by Crippen LogP contribution is -2.58. The number of imidazole rings is 1. The molecule has 53 heavy (non-hydrogen) atoms. The average Bonchev–Trinajstić information content (AvgIpc) is 3.78. The van der Waals surface area contributed by atoms with Gasteiger partial charge < -0.3 is 24.8 Å². The number of rotatable bonds is 8. The Hall–Kier alpha value is -4.42. The number of amides is 2. The molecule has 8 rings (SSSR count). The van der Waals surface area contributed by atoms with Gasteiger partial charge in [-0.25, -0.2) is 14.4 Å². The number of pyridine rings is 2. The van der Waals surface area contributed by atoms with Crippen LogP contribution in [-0.2, 0) is 15.0 Å². The maximum Gasteiger partial charge on any atom is 0.238 e. The molecule has 2 N–H and O–H groups in total. The molecular weight excluding hydrogens is 672 g/mol. The van der Waals surface area contributed by atoms with Gasteiger partial charge >= 0.3 is 0 Å². The molecule has 6 heterocycles. The highest BCUT2D eigenvalue weighted by Gasteiger charge is 2.56. The quantitative estimate of drug-likeness (QED) is 0.218. The van der Waals surface area contributed by atoms with Crippen molar-refractivity contribution < 1.29 is 19.1 Å². The molecule has 1 aliphatic carbocycles. The van der Waals surface area contributed by atoms with Crippen LogP contribution in [-0.4, -0.2) is 91.1 Å². The molecule has 0 unspecified atom stereocenters. The summed E-state index contributed by atoms with van der Waals surface area (Å²) < 4.78 is 16.9. The summed E-state index contributed by atoms with van der Waals surface area (Å²) in [5, 5.41) is 13.1. The van der Waals surface area contributed by atoms with Gasteiger partial charge in [0.2, 0.25) is 11.8 Å². The number of aromatic nitrogens is 4. The smallest absolute Gasteiger partial charge is 0.238 e. The van der Waals surface area contributed by atoms with Crippen LogP contribution in [0.25, 0.3) is 22.3 Å². The molecule has 280 valence electrons. The van der Waals surface area contributed by atoms with E-state index in [4.69, 9.17) is 9.97 Å². The summed E-state index contributed by atoms with van der Waals surface area (Å²) in [4.78, 5) is 48.5. The summed E-state index contributed by atoms with van der Waals surface area (Å²) in [6.45, 7) is 15.2. The van der Waals surface area contributed by atoms with Gasteiger partial charge in [0, 0.05) is 61.8 Å². The molecule has 2 saturated heterocycles. The number of aliphatic hydroxyl groups excluding tert-OH is 1. The van der Waals surface area contributed by atoms with Crippen molar-refractivity contribution in [2.45, 2.75) is 90.8 Å². The Labute approximate surface area is 310 Å². The first-order valence-electron chi connectivity index (χ1n) is 19.2. The highest BCUT2D eigenvalue weighted by atomic mass is 19.1. The number of piperidine rings is 1. The lowest BCUT2D eigenvalue weighted by Gasteiger charge is -2.46. The summed E-state index contributed by atoms with van der Waals surface area (Å²) >= 11 is 0. The Bertz CT molecular complexity index is 2060. The minimum atomic E-state index is -0.871. The van der Waals surface area contributed by atoms with E-state index in [1.165, 1.54) is 12.4 Å². The van der Waals surface area contributed by atoms with Crippen molar-refractivity contribution in [3.63, 3.8) is 0 Å². The van der Waals surface area contributed by atoms with Crippen LogP contribution >= 0.6 is 0 Å². The minimum absolute atomic E-state index is 0.0823. The number of nitrogens with one attached hydrogen (secondary N) is 1.